The number of ether oxygens (including phenoxy) is 1. The van der Waals surface area contributed by atoms with Gasteiger partial charge in [-0.2, -0.15) is 0 Å². The van der Waals surface area contributed by atoms with Crippen molar-refractivity contribution < 1.29 is 9.53 Å². The number of para-hydroxylation sites is 1. The number of nitrogen functional groups attached to an aromatic ring is 1. The Hall–Kier alpha value is -3.07. The molecule has 0 radical (unpaired) electrons. The van der Waals surface area contributed by atoms with Gasteiger partial charge in [0.25, 0.3) is 0 Å². The second-order valence-corrected chi connectivity index (χ2v) is 7.72. The monoisotopic (exact) mass is 401 g/mol. The summed E-state index contributed by atoms with van der Waals surface area (Å²) in [4.78, 5) is 13.8. The molecule has 0 amide bonds. The van der Waals surface area contributed by atoms with Crippen LogP contribution in [0.25, 0.3) is 0 Å². The topological polar surface area (TPSA) is 52.3 Å². The van der Waals surface area contributed by atoms with Crippen molar-refractivity contribution in [1.29, 1.82) is 0 Å². The molecule has 0 heterocycles. The smallest absolute Gasteiger partial charge is 0.322 e. The standard InChI is InChI=1S/C27H31NO2/c1-4-21-11-7-9-13-24(21)27(6-3,19-20-15-17-23(28)18-16-20)26(29)30-25-14-10-8-12-22(25)5-2/h7-18H,4-6,19,28H2,1-3H3. The average Bonchev–Trinajstić information content (AvgIpc) is 2.79. The Kier molecular flexibility index (Phi) is 6.94. The second-order valence-electron chi connectivity index (χ2n) is 7.72. The number of aryl methyl sites for hydroxylation is 2. The molecular formula is C27H31NO2. The van der Waals surface area contributed by atoms with Crippen molar-refractivity contribution in [3.63, 3.8) is 0 Å². The van der Waals surface area contributed by atoms with E-state index >= 15 is 0 Å². The molecule has 3 nitrogen and oxygen atoms in total. The van der Waals surface area contributed by atoms with Crippen LogP contribution in [0.5, 0.6) is 5.75 Å². The summed E-state index contributed by atoms with van der Waals surface area (Å²) in [6, 6.07) is 23.8. The Labute approximate surface area is 179 Å². The molecule has 1 unspecified atom stereocenters. The zero-order valence-electron chi connectivity index (χ0n) is 18.2. The van der Waals surface area contributed by atoms with Gasteiger partial charge < -0.3 is 10.5 Å². The predicted molar refractivity (Wildman–Crippen MR) is 124 cm³/mol. The molecule has 0 aliphatic carbocycles. The van der Waals surface area contributed by atoms with Crippen molar-refractivity contribution in [1.82, 2.24) is 0 Å². The summed E-state index contributed by atoms with van der Waals surface area (Å²) in [5, 5.41) is 0. The van der Waals surface area contributed by atoms with Gasteiger partial charge in [-0.15, -0.1) is 0 Å². The van der Waals surface area contributed by atoms with E-state index in [1.54, 1.807) is 0 Å². The highest BCUT2D eigenvalue weighted by atomic mass is 16.5. The lowest BCUT2D eigenvalue weighted by Gasteiger charge is -2.33. The maximum absolute atomic E-state index is 13.8. The van der Waals surface area contributed by atoms with E-state index in [1.807, 2.05) is 60.7 Å². The normalized spacial score (nSPS) is 12.9. The van der Waals surface area contributed by atoms with Gasteiger partial charge in [-0.25, -0.2) is 0 Å². The quantitative estimate of drug-likeness (QED) is 0.291. The molecule has 0 saturated heterocycles. The molecular weight excluding hydrogens is 370 g/mol. The highest BCUT2D eigenvalue weighted by Crippen LogP contribution is 2.37. The van der Waals surface area contributed by atoms with Crippen molar-refractivity contribution in [2.75, 3.05) is 5.73 Å². The number of rotatable bonds is 8. The molecule has 0 aromatic heterocycles. The first-order valence-electron chi connectivity index (χ1n) is 10.8. The van der Waals surface area contributed by atoms with E-state index in [4.69, 9.17) is 10.5 Å². The Bertz CT molecular complexity index is 994. The Morgan fingerprint density at radius 1 is 0.833 bits per heavy atom. The lowest BCUT2D eigenvalue weighted by Crippen LogP contribution is -2.41. The summed E-state index contributed by atoms with van der Waals surface area (Å²) in [5.74, 6) is 0.442. The number of carbonyl (C=O) groups is 1. The summed E-state index contributed by atoms with van der Waals surface area (Å²) in [6.07, 6.45) is 2.88. The first-order chi connectivity index (χ1) is 14.5. The van der Waals surface area contributed by atoms with Gasteiger partial charge in [0.2, 0.25) is 0 Å². The third kappa shape index (κ3) is 4.40. The van der Waals surface area contributed by atoms with E-state index in [0.29, 0.717) is 24.3 Å². The molecule has 1 atom stereocenters. The van der Waals surface area contributed by atoms with E-state index in [2.05, 4.69) is 32.9 Å². The minimum absolute atomic E-state index is 0.205. The van der Waals surface area contributed by atoms with Gasteiger partial charge in [0.1, 0.15) is 5.75 Å². The zero-order chi connectivity index (χ0) is 21.6. The minimum Gasteiger partial charge on any atom is -0.426 e. The Balaban J connectivity index is 2.09. The number of benzene rings is 3. The van der Waals surface area contributed by atoms with Gasteiger partial charge in [-0.3, -0.25) is 4.79 Å². The van der Waals surface area contributed by atoms with Crippen LogP contribution in [-0.4, -0.2) is 5.97 Å². The molecule has 0 aliphatic rings. The van der Waals surface area contributed by atoms with E-state index in [1.165, 1.54) is 5.56 Å². The average molecular weight is 402 g/mol. The highest BCUT2D eigenvalue weighted by Gasteiger charge is 2.42. The molecule has 3 heteroatoms. The third-order valence-corrected chi connectivity index (χ3v) is 5.95. The summed E-state index contributed by atoms with van der Waals surface area (Å²) in [6.45, 7) is 6.26. The Morgan fingerprint density at radius 3 is 2.07 bits per heavy atom. The van der Waals surface area contributed by atoms with Crippen molar-refractivity contribution in [2.24, 2.45) is 0 Å². The molecule has 3 rings (SSSR count). The molecule has 3 aromatic carbocycles. The largest absolute Gasteiger partial charge is 0.426 e. The Morgan fingerprint density at radius 2 is 1.43 bits per heavy atom. The van der Waals surface area contributed by atoms with Gasteiger partial charge in [0, 0.05) is 5.69 Å². The van der Waals surface area contributed by atoms with Crippen LogP contribution in [0, 0.1) is 0 Å². The van der Waals surface area contributed by atoms with Crippen LogP contribution >= 0.6 is 0 Å². The maximum atomic E-state index is 13.8. The summed E-state index contributed by atoms with van der Waals surface area (Å²) in [7, 11) is 0. The summed E-state index contributed by atoms with van der Waals surface area (Å²) in [5.41, 5.74) is 10.1. The van der Waals surface area contributed by atoms with Crippen LogP contribution < -0.4 is 10.5 Å². The van der Waals surface area contributed by atoms with Crippen LogP contribution in [-0.2, 0) is 29.5 Å². The van der Waals surface area contributed by atoms with Crippen LogP contribution in [0.2, 0.25) is 0 Å². The van der Waals surface area contributed by atoms with Crippen LogP contribution in [0.15, 0.2) is 72.8 Å². The molecule has 0 aliphatic heterocycles. The third-order valence-electron chi connectivity index (χ3n) is 5.95. The number of hydrogen-bond acceptors (Lipinski definition) is 3. The number of hydrogen-bond donors (Lipinski definition) is 1. The van der Waals surface area contributed by atoms with E-state index < -0.39 is 5.41 Å². The van der Waals surface area contributed by atoms with Crippen molar-refractivity contribution >= 4 is 11.7 Å². The van der Waals surface area contributed by atoms with Gasteiger partial charge >= 0.3 is 5.97 Å². The van der Waals surface area contributed by atoms with Gasteiger partial charge in [0.05, 0.1) is 5.41 Å². The fourth-order valence-corrected chi connectivity index (χ4v) is 4.11. The van der Waals surface area contributed by atoms with Crippen LogP contribution in [0.3, 0.4) is 0 Å². The first kappa shape index (κ1) is 21.6. The SMILES string of the molecule is CCc1ccccc1OC(=O)C(CC)(Cc1ccc(N)cc1)c1ccccc1CC. The molecule has 2 N–H and O–H groups in total. The summed E-state index contributed by atoms with van der Waals surface area (Å²) < 4.78 is 6.08. The first-order valence-corrected chi connectivity index (χ1v) is 10.8. The van der Waals surface area contributed by atoms with E-state index in [9.17, 15) is 4.79 Å². The van der Waals surface area contributed by atoms with Crippen molar-refractivity contribution in [3.05, 3.63) is 95.1 Å². The molecule has 0 fully saturated rings. The molecule has 0 bridgehead atoms. The summed E-state index contributed by atoms with van der Waals surface area (Å²) >= 11 is 0. The highest BCUT2D eigenvalue weighted by molar-refractivity contribution is 5.86. The van der Waals surface area contributed by atoms with Crippen LogP contribution in [0.1, 0.15) is 49.4 Å². The zero-order valence-corrected chi connectivity index (χ0v) is 18.2. The maximum Gasteiger partial charge on any atom is 0.322 e. The molecule has 3 aromatic rings. The van der Waals surface area contributed by atoms with Gasteiger partial charge in [-0.1, -0.05) is 75.4 Å². The van der Waals surface area contributed by atoms with Crippen LogP contribution in [0.4, 0.5) is 5.69 Å². The lowest BCUT2D eigenvalue weighted by atomic mass is 9.71. The molecule has 0 saturated carbocycles. The minimum atomic E-state index is -0.774. The lowest BCUT2D eigenvalue weighted by molar-refractivity contribution is -0.141. The molecule has 0 spiro atoms. The van der Waals surface area contributed by atoms with Gasteiger partial charge in [-0.05, 0) is 66.1 Å². The van der Waals surface area contributed by atoms with Crippen molar-refractivity contribution in [3.8, 4) is 5.75 Å². The number of esters is 1. The predicted octanol–water partition coefficient (Wildman–Crippen LogP) is 5.89. The number of carbonyl (C=O) groups excluding carboxylic acids is 1. The fraction of sp³-hybridized carbons (Fsp3) is 0.296. The number of nitrogens with two attached hydrogens (primary N) is 1. The van der Waals surface area contributed by atoms with Gasteiger partial charge in [0.15, 0.2) is 0 Å². The molecule has 30 heavy (non-hydrogen) atoms. The van der Waals surface area contributed by atoms with E-state index in [-0.39, 0.29) is 5.97 Å². The molecule has 156 valence electrons. The van der Waals surface area contributed by atoms with E-state index in [0.717, 1.165) is 29.5 Å². The number of anilines is 1. The second kappa shape index (κ2) is 9.62. The van der Waals surface area contributed by atoms with Crippen molar-refractivity contribution in [2.45, 2.75) is 51.9 Å². The fourth-order valence-electron chi connectivity index (χ4n) is 4.11.